The van der Waals surface area contributed by atoms with Crippen molar-refractivity contribution >= 4 is 19.4 Å². The van der Waals surface area contributed by atoms with E-state index in [-0.39, 0.29) is 5.97 Å². The van der Waals surface area contributed by atoms with Crippen LogP contribution in [0.3, 0.4) is 0 Å². The zero-order valence-corrected chi connectivity index (χ0v) is 9.66. The highest BCUT2D eigenvalue weighted by Crippen LogP contribution is 2.46. The number of fused-ring (bicyclic) bond motifs is 1. The van der Waals surface area contributed by atoms with E-state index in [0.717, 1.165) is 5.56 Å². The molecule has 15 heavy (non-hydrogen) atoms. The summed E-state index contributed by atoms with van der Waals surface area (Å²) < 4.78 is 10.8. The second kappa shape index (κ2) is 3.51. The predicted octanol–water partition coefficient (Wildman–Crippen LogP) is 2.50. The van der Waals surface area contributed by atoms with Gasteiger partial charge in [0, 0.05) is 12.7 Å². The van der Waals surface area contributed by atoms with Crippen molar-refractivity contribution < 1.29 is 14.1 Å². The van der Waals surface area contributed by atoms with Gasteiger partial charge in [-0.05, 0) is 19.4 Å². The van der Waals surface area contributed by atoms with E-state index in [0.29, 0.717) is 5.56 Å². The maximum Gasteiger partial charge on any atom is 0.341 e. The topological polar surface area (TPSA) is 35.5 Å². The average molecular weight is 224 g/mol. The molecule has 0 amide bonds. The van der Waals surface area contributed by atoms with Gasteiger partial charge >= 0.3 is 5.97 Å². The van der Waals surface area contributed by atoms with Crippen LogP contribution in [0.2, 0.25) is 0 Å². The van der Waals surface area contributed by atoms with Crippen LogP contribution in [0.15, 0.2) is 24.3 Å². The molecule has 1 aromatic carbocycles. The Bertz CT molecular complexity index is 447. The fourth-order valence-electron chi connectivity index (χ4n) is 1.45. The van der Waals surface area contributed by atoms with E-state index in [2.05, 4.69) is 6.30 Å². The lowest BCUT2D eigenvalue weighted by Crippen LogP contribution is -2.01. The lowest BCUT2D eigenvalue weighted by atomic mass is 10.1. The minimum atomic E-state index is -1.67. The van der Waals surface area contributed by atoms with Gasteiger partial charge < -0.3 is 9.26 Å². The van der Waals surface area contributed by atoms with Crippen molar-refractivity contribution in [1.29, 1.82) is 0 Å². The lowest BCUT2D eigenvalue weighted by Gasteiger charge is -2.19. The number of carbonyl (C=O) groups excluding carboxylic acids is 1. The van der Waals surface area contributed by atoms with Gasteiger partial charge in [-0.1, -0.05) is 24.5 Å². The minimum absolute atomic E-state index is 0.316. The zero-order chi connectivity index (χ0) is 11.1. The van der Waals surface area contributed by atoms with E-state index in [1.54, 1.807) is 6.07 Å². The second-order valence-corrected chi connectivity index (χ2v) is 7.36. The molecule has 0 aliphatic carbocycles. The van der Waals surface area contributed by atoms with Crippen LogP contribution in [0.4, 0.5) is 0 Å². The molecule has 1 unspecified atom stereocenters. The molecule has 0 aromatic heterocycles. The molecule has 1 heterocycles. The summed E-state index contributed by atoms with van der Waals surface area (Å²) >= 11 is 0. The highest BCUT2D eigenvalue weighted by Gasteiger charge is 2.32. The molecule has 1 aliphatic heterocycles. The Labute approximate surface area is 89.1 Å². The van der Waals surface area contributed by atoms with Gasteiger partial charge in [0.05, 0.1) is 5.56 Å². The van der Waals surface area contributed by atoms with Crippen molar-refractivity contribution in [1.82, 2.24) is 0 Å². The quantitative estimate of drug-likeness (QED) is 0.572. The smallest absolute Gasteiger partial charge is 0.341 e. The number of ether oxygens (including phenoxy) is 1. The number of benzene rings is 1. The van der Waals surface area contributed by atoms with Crippen LogP contribution in [-0.4, -0.2) is 25.6 Å². The SMILES string of the molecule is C=P(C)(C)OC1OC(=O)c2ccccc21. The number of esters is 1. The van der Waals surface area contributed by atoms with E-state index in [4.69, 9.17) is 9.26 Å². The third kappa shape index (κ3) is 2.14. The first-order valence-electron chi connectivity index (χ1n) is 4.64. The van der Waals surface area contributed by atoms with Crippen LogP contribution in [-0.2, 0) is 9.26 Å². The van der Waals surface area contributed by atoms with Gasteiger partial charge in [-0.3, -0.25) is 0 Å². The van der Waals surface area contributed by atoms with E-state index in [9.17, 15) is 4.79 Å². The molecule has 0 spiro atoms. The second-order valence-electron chi connectivity index (χ2n) is 4.00. The molecule has 0 fully saturated rings. The van der Waals surface area contributed by atoms with Gasteiger partial charge in [0.1, 0.15) is 0 Å². The molecule has 0 bridgehead atoms. The predicted molar refractivity (Wildman–Crippen MR) is 61.6 cm³/mol. The van der Waals surface area contributed by atoms with Gasteiger partial charge in [0.15, 0.2) is 0 Å². The third-order valence-electron chi connectivity index (χ3n) is 2.03. The molecule has 1 aromatic rings. The Kier molecular flexibility index (Phi) is 2.45. The number of cyclic esters (lactones) is 1. The normalized spacial score (nSPS) is 19.9. The summed E-state index contributed by atoms with van der Waals surface area (Å²) in [5.41, 5.74) is 1.40. The maximum absolute atomic E-state index is 11.5. The van der Waals surface area contributed by atoms with Crippen LogP contribution in [0.5, 0.6) is 0 Å². The monoisotopic (exact) mass is 224 g/mol. The Morgan fingerprint density at radius 2 is 2.07 bits per heavy atom. The Morgan fingerprint density at radius 3 is 2.73 bits per heavy atom. The van der Waals surface area contributed by atoms with Crippen LogP contribution in [0.25, 0.3) is 0 Å². The Morgan fingerprint density at radius 1 is 1.40 bits per heavy atom. The summed E-state index contributed by atoms with van der Waals surface area (Å²) in [6.07, 6.45) is 3.35. The Hall–Kier alpha value is -1.05. The van der Waals surface area contributed by atoms with Gasteiger partial charge in [-0.15, -0.1) is 0 Å². The first-order chi connectivity index (χ1) is 6.97. The molecule has 1 atom stereocenters. The van der Waals surface area contributed by atoms with Gasteiger partial charge in [0.2, 0.25) is 6.29 Å². The van der Waals surface area contributed by atoms with Gasteiger partial charge in [-0.2, -0.15) is 0 Å². The number of rotatable bonds is 2. The molecule has 3 nitrogen and oxygen atoms in total. The molecule has 0 N–H and O–H groups in total. The summed E-state index contributed by atoms with van der Waals surface area (Å²) in [7, 11) is -1.67. The fraction of sp³-hybridized carbons (Fsp3) is 0.273. The van der Waals surface area contributed by atoms with E-state index in [1.165, 1.54) is 0 Å². The summed E-state index contributed by atoms with van der Waals surface area (Å²) in [4.78, 5) is 11.5. The molecule has 1 aliphatic rings. The third-order valence-corrected chi connectivity index (χ3v) is 2.79. The van der Waals surface area contributed by atoms with E-state index >= 15 is 0 Å². The van der Waals surface area contributed by atoms with Crippen LogP contribution in [0, 0.1) is 0 Å². The lowest BCUT2D eigenvalue weighted by molar-refractivity contribution is -0.0322. The first-order valence-corrected chi connectivity index (χ1v) is 7.43. The zero-order valence-electron chi connectivity index (χ0n) is 8.77. The Balaban J connectivity index is 2.33. The van der Waals surface area contributed by atoms with Crippen LogP contribution >= 0.6 is 7.11 Å². The summed E-state index contributed by atoms with van der Waals surface area (Å²) in [5, 5.41) is 0. The largest absolute Gasteiger partial charge is 0.427 e. The van der Waals surface area contributed by atoms with E-state index < -0.39 is 13.4 Å². The highest BCUT2D eigenvalue weighted by molar-refractivity contribution is 7.67. The first kappa shape index (κ1) is 10.5. The van der Waals surface area contributed by atoms with Crippen molar-refractivity contribution in [3.63, 3.8) is 0 Å². The number of hydrogen-bond acceptors (Lipinski definition) is 3. The van der Waals surface area contributed by atoms with Gasteiger partial charge in [-0.25, -0.2) is 4.79 Å². The average Bonchev–Trinajstić information content (AvgIpc) is 2.42. The summed E-state index contributed by atoms with van der Waals surface area (Å²) in [6, 6.07) is 7.27. The van der Waals surface area contributed by atoms with Crippen molar-refractivity contribution in [2.45, 2.75) is 6.29 Å². The van der Waals surface area contributed by atoms with Crippen LogP contribution < -0.4 is 0 Å². The number of carbonyl (C=O) groups is 1. The van der Waals surface area contributed by atoms with Crippen molar-refractivity contribution in [2.24, 2.45) is 0 Å². The molecule has 2 rings (SSSR count). The fourth-order valence-corrected chi connectivity index (χ4v) is 2.13. The van der Waals surface area contributed by atoms with Gasteiger partial charge in [0.25, 0.3) is 0 Å². The molecule has 4 heteroatoms. The van der Waals surface area contributed by atoms with E-state index in [1.807, 2.05) is 31.5 Å². The molecule has 0 saturated carbocycles. The van der Waals surface area contributed by atoms with Crippen molar-refractivity contribution in [2.75, 3.05) is 13.3 Å². The standard InChI is InChI=1S/C11H13O3P/c1-15(2,3)14-11-9-7-5-4-6-8(9)10(12)13-11/h4-7,11H,1H2,2-3H3. The van der Waals surface area contributed by atoms with Crippen molar-refractivity contribution in [3.8, 4) is 0 Å². The highest BCUT2D eigenvalue weighted by atomic mass is 31.2. The molecule has 80 valence electrons. The van der Waals surface area contributed by atoms with Crippen molar-refractivity contribution in [3.05, 3.63) is 35.4 Å². The molecular weight excluding hydrogens is 211 g/mol. The molecule has 0 saturated heterocycles. The maximum atomic E-state index is 11.5. The van der Waals surface area contributed by atoms with Crippen LogP contribution in [0.1, 0.15) is 22.2 Å². The molecular formula is C11H13O3P. The number of hydrogen-bond donors (Lipinski definition) is 0. The summed E-state index contributed by atoms with van der Waals surface area (Å²) in [6.45, 7) is 3.86. The minimum Gasteiger partial charge on any atom is -0.427 e. The summed E-state index contributed by atoms with van der Waals surface area (Å²) in [5.74, 6) is -0.316. The molecule has 0 radical (unpaired) electrons.